The van der Waals surface area contributed by atoms with Crippen LogP contribution in [-0.2, 0) is 9.59 Å². The zero-order chi connectivity index (χ0) is 16.1. The van der Waals surface area contributed by atoms with E-state index in [1.807, 2.05) is 0 Å². The van der Waals surface area contributed by atoms with Gasteiger partial charge in [-0.2, -0.15) is 0 Å². The molecule has 2 amide bonds. The van der Waals surface area contributed by atoms with E-state index < -0.39 is 0 Å². The number of nitrogens with zero attached hydrogens (tertiary/aromatic N) is 3. The normalized spacial score (nSPS) is 15.7. The molecule has 6 heteroatoms. The zero-order valence-electron chi connectivity index (χ0n) is 13.1. The van der Waals surface area contributed by atoms with Gasteiger partial charge in [-0.05, 0) is 30.8 Å². The summed E-state index contributed by atoms with van der Waals surface area (Å²) in [7, 11) is 0. The summed E-state index contributed by atoms with van der Waals surface area (Å²) in [6, 6.07) is 5.60. The second-order valence-corrected chi connectivity index (χ2v) is 5.40. The van der Waals surface area contributed by atoms with Crippen molar-refractivity contribution in [2.45, 2.75) is 13.8 Å². The van der Waals surface area contributed by atoms with E-state index in [1.54, 1.807) is 4.90 Å². The van der Waals surface area contributed by atoms with Crippen LogP contribution in [0, 0.1) is 5.82 Å². The van der Waals surface area contributed by atoms with Crippen molar-refractivity contribution in [2.75, 3.05) is 44.2 Å². The molecule has 5 nitrogen and oxygen atoms in total. The van der Waals surface area contributed by atoms with E-state index in [-0.39, 0.29) is 24.2 Å². The van der Waals surface area contributed by atoms with Gasteiger partial charge < -0.3 is 14.7 Å². The van der Waals surface area contributed by atoms with E-state index in [1.165, 1.54) is 36.1 Å². The minimum atomic E-state index is -0.366. The predicted molar refractivity (Wildman–Crippen MR) is 83.1 cm³/mol. The summed E-state index contributed by atoms with van der Waals surface area (Å²) in [6.07, 6.45) is 0. The van der Waals surface area contributed by atoms with Crippen molar-refractivity contribution in [3.8, 4) is 0 Å². The Morgan fingerprint density at radius 1 is 1.14 bits per heavy atom. The number of hydrogen-bond donors (Lipinski definition) is 0. The molecular formula is C16H22FN3O2. The van der Waals surface area contributed by atoms with Gasteiger partial charge in [0.05, 0.1) is 0 Å². The fourth-order valence-corrected chi connectivity index (χ4v) is 2.55. The Morgan fingerprint density at radius 2 is 1.73 bits per heavy atom. The summed E-state index contributed by atoms with van der Waals surface area (Å²) in [5.41, 5.74) is 0.537. The minimum absolute atomic E-state index is 0.00685. The SMILES string of the molecule is CCN1CCN(C(=O)CN(C(C)=O)c2ccc(F)cc2)CC1. The molecule has 1 fully saturated rings. The maximum Gasteiger partial charge on any atom is 0.242 e. The standard InChI is InChI=1S/C16H22FN3O2/c1-3-18-8-10-19(11-9-18)16(22)12-20(13(2)21)15-6-4-14(17)5-7-15/h4-7H,3,8-12H2,1-2H3. The van der Waals surface area contributed by atoms with E-state index in [9.17, 15) is 14.0 Å². The first-order chi connectivity index (χ1) is 10.5. The average molecular weight is 307 g/mol. The van der Waals surface area contributed by atoms with E-state index in [2.05, 4.69) is 11.8 Å². The number of piperazine rings is 1. The zero-order valence-corrected chi connectivity index (χ0v) is 13.1. The highest BCUT2D eigenvalue weighted by Gasteiger charge is 2.23. The molecule has 22 heavy (non-hydrogen) atoms. The van der Waals surface area contributed by atoms with Crippen LogP contribution in [0.1, 0.15) is 13.8 Å². The Bertz CT molecular complexity index is 525. The van der Waals surface area contributed by atoms with Crippen LogP contribution >= 0.6 is 0 Å². The predicted octanol–water partition coefficient (Wildman–Crippen LogP) is 1.34. The number of benzene rings is 1. The molecule has 2 rings (SSSR count). The maximum absolute atomic E-state index is 13.0. The third kappa shape index (κ3) is 4.04. The summed E-state index contributed by atoms with van der Waals surface area (Å²) in [5, 5.41) is 0. The average Bonchev–Trinajstić information content (AvgIpc) is 2.53. The molecule has 0 aromatic heterocycles. The molecule has 0 atom stereocenters. The summed E-state index contributed by atoms with van der Waals surface area (Å²) < 4.78 is 13.0. The lowest BCUT2D eigenvalue weighted by Crippen LogP contribution is -2.51. The summed E-state index contributed by atoms with van der Waals surface area (Å²) in [6.45, 7) is 7.57. The lowest BCUT2D eigenvalue weighted by atomic mass is 10.2. The molecule has 0 bridgehead atoms. The highest BCUT2D eigenvalue weighted by atomic mass is 19.1. The molecule has 0 N–H and O–H groups in total. The van der Waals surface area contributed by atoms with Gasteiger partial charge in [0.15, 0.2) is 0 Å². The third-order valence-electron chi connectivity index (χ3n) is 3.98. The van der Waals surface area contributed by atoms with E-state index >= 15 is 0 Å². The van der Waals surface area contributed by atoms with Crippen molar-refractivity contribution in [3.63, 3.8) is 0 Å². The number of halogens is 1. The smallest absolute Gasteiger partial charge is 0.242 e. The molecule has 1 saturated heterocycles. The largest absolute Gasteiger partial charge is 0.339 e. The molecule has 120 valence electrons. The van der Waals surface area contributed by atoms with Crippen molar-refractivity contribution >= 4 is 17.5 Å². The molecule has 0 aliphatic carbocycles. The van der Waals surface area contributed by atoms with Crippen LogP contribution in [0.3, 0.4) is 0 Å². The number of anilines is 1. The molecule has 0 radical (unpaired) electrons. The molecule has 1 aromatic carbocycles. The highest BCUT2D eigenvalue weighted by molar-refractivity contribution is 5.97. The van der Waals surface area contributed by atoms with Crippen LogP contribution in [0.5, 0.6) is 0 Å². The van der Waals surface area contributed by atoms with Crippen molar-refractivity contribution in [2.24, 2.45) is 0 Å². The Kier molecular flexibility index (Phi) is 5.49. The van der Waals surface area contributed by atoms with E-state index in [0.717, 1.165) is 19.6 Å². The second-order valence-electron chi connectivity index (χ2n) is 5.40. The van der Waals surface area contributed by atoms with Gasteiger partial charge in [0, 0.05) is 38.8 Å². The molecule has 0 saturated carbocycles. The molecule has 0 unspecified atom stereocenters. The minimum Gasteiger partial charge on any atom is -0.339 e. The maximum atomic E-state index is 13.0. The van der Waals surface area contributed by atoms with Gasteiger partial charge in [0.25, 0.3) is 0 Å². The van der Waals surface area contributed by atoms with Gasteiger partial charge >= 0.3 is 0 Å². The van der Waals surface area contributed by atoms with E-state index in [0.29, 0.717) is 18.8 Å². The van der Waals surface area contributed by atoms with Crippen LogP contribution in [0.2, 0.25) is 0 Å². The molecule has 1 aliphatic heterocycles. The van der Waals surface area contributed by atoms with Crippen molar-refractivity contribution in [3.05, 3.63) is 30.1 Å². The Morgan fingerprint density at radius 3 is 2.23 bits per heavy atom. The van der Waals surface area contributed by atoms with Crippen LogP contribution in [0.4, 0.5) is 10.1 Å². The Balaban J connectivity index is 2.01. The summed E-state index contributed by atoms with van der Waals surface area (Å²) in [5.74, 6) is -0.670. The van der Waals surface area contributed by atoms with Gasteiger partial charge in [-0.15, -0.1) is 0 Å². The van der Waals surface area contributed by atoms with Crippen LogP contribution in [-0.4, -0.2) is 60.9 Å². The van der Waals surface area contributed by atoms with Gasteiger partial charge in [-0.3, -0.25) is 9.59 Å². The summed E-state index contributed by atoms with van der Waals surface area (Å²) in [4.78, 5) is 29.6. The fraction of sp³-hybridized carbons (Fsp3) is 0.500. The molecular weight excluding hydrogens is 285 g/mol. The topological polar surface area (TPSA) is 43.9 Å². The quantitative estimate of drug-likeness (QED) is 0.843. The second kappa shape index (κ2) is 7.35. The van der Waals surface area contributed by atoms with Crippen molar-refractivity contribution < 1.29 is 14.0 Å². The Hall–Kier alpha value is -1.95. The third-order valence-corrected chi connectivity index (χ3v) is 3.98. The van der Waals surface area contributed by atoms with Crippen molar-refractivity contribution in [1.82, 2.24) is 9.80 Å². The van der Waals surface area contributed by atoms with Gasteiger partial charge in [0.2, 0.25) is 11.8 Å². The summed E-state index contributed by atoms with van der Waals surface area (Å²) >= 11 is 0. The fourth-order valence-electron chi connectivity index (χ4n) is 2.55. The monoisotopic (exact) mass is 307 g/mol. The first-order valence-electron chi connectivity index (χ1n) is 7.55. The van der Waals surface area contributed by atoms with Crippen LogP contribution in [0.25, 0.3) is 0 Å². The Labute approximate surface area is 130 Å². The number of likely N-dealkylation sites (N-methyl/N-ethyl adjacent to an activating group) is 1. The molecule has 1 heterocycles. The number of carbonyl (C=O) groups excluding carboxylic acids is 2. The van der Waals surface area contributed by atoms with Crippen molar-refractivity contribution in [1.29, 1.82) is 0 Å². The number of rotatable bonds is 4. The molecule has 0 spiro atoms. The molecule has 1 aromatic rings. The lowest BCUT2D eigenvalue weighted by molar-refractivity contribution is -0.132. The van der Waals surface area contributed by atoms with Gasteiger partial charge in [-0.25, -0.2) is 4.39 Å². The lowest BCUT2D eigenvalue weighted by Gasteiger charge is -2.35. The number of hydrogen-bond acceptors (Lipinski definition) is 3. The van der Waals surface area contributed by atoms with Crippen LogP contribution < -0.4 is 4.90 Å². The van der Waals surface area contributed by atoms with E-state index in [4.69, 9.17) is 0 Å². The van der Waals surface area contributed by atoms with Gasteiger partial charge in [0.1, 0.15) is 12.4 Å². The number of carbonyl (C=O) groups is 2. The van der Waals surface area contributed by atoms with Crippen LogP contribution in [0.15, 0.2) is 24.3 Å². The first-order valence-corrected chi connectivity index (χ1v) is 7.55. The molecule has 1 aliphatic rings. The van der Waals surface area contributed by atoms with Gasteiger partial charge in [-0.1, -0.05) is 6.92 Å². The first kappa shape index (κ1) is 16.4. The number of amides is 2. The highest BCUT2D eigenvalue weighted by Crippen LogP contribution is 2.15.